The predicted molar refractivity (Wildman–Crippen MR) is 87.3 cm³/mol. The maximum absolute atomic E-state index is 11.2. The second-order valence-electron chi connectivity index (χ2n) is 5.16. The standard InChI is InChI=1S/C18H22N2O2/c1-2-17(18(19)21)20-12-14-8-10-16(11-9-14)22-13-15-6-4-3-5-7-15/h3-11,17,20H,2,12-13H2,1H3,(H2,19,21)/t17-/m1/s1. The molecule has 4 nitrogen and oxygen atoms in total. The molecule has 0 spiro atoms. The molecule has 2 aromatic carbocycles. The zero-order valence-corrected chi connectivity index (χ0v) is 12.8. The smallest absolute Gasteiger partial charge is 0.234 e. The zero-order chi connectivity index (χ0) is 15.8. The molecule has 0 fully saturated rings. The molecule has 1 amide bonds. The van der Waals surface area contributed by atoms with Gasteiger partial charge in [-0.05, 0) is 29.7 Å². The van der Waals surface area contributed by atoms with E-state index in [1.807, 2.05) is 61.5 Å². The van der Waals surface area contributed by atoms with Gasteiger partial charge < -0.3 is 15.8 Å². The van der Waals surface area contributed by atoms with Gasteiger partial charge in [-0.25, -0.2) is 0 Å². The van der Waals surface area contributed by atoms with Gasteiger partial charge >= 0.3 is 0 Å². The van der Waals surface area contributed by atoms with Crippen LogP contribution in [0.15, 0.2) is 54.6 Å². The molecule has 0 aromatic heterocycles. The number of carbonyl (C=O) groups is 1. The lowest BCUT2D eigenvalue weighted by Gasteiger charge is -2.13. The molecule has 2 rings (SSSR count). The van der Waals surface area contributed by atoms with Crippen molar-refractivity contribution in [1.82, 2.24) is 5.32 Å². The summed E-state index contributed by atoms with van der Waals surface area (Å²) in [5, 5.41) is 3.15. The summed E-state index contributed by atoms with van der Waals surface area (Å²) in [5.74, 6) is 0.514. The van der Waals surface area contributed by atoms with Crippen LogP contribution in [-0.2, 0) is 17.9 Å². The fourth-order valence-electron chi connectivity index (χ4n) is 2.13. The minimum Gasteiger partial charge on any atom is -0.489 e. The van der Waals surface area contributed by atoms with Crippen molar-refractivity contribution < 1.29 is 9.53 Å². The van der Waals surface area contributed by atoms with Crippen molar-refractivity contribution in [3.05, 3.63) is 65.7 Å². The molecule has 4 heteroatoms. The SMILES string of the molecule is CC[C@@H](NCc1ccc(OCc2ccccc2)cc1)C(N)=O. The Morgan fingerprint density at radius 1 is 1.09 bits per heavy atom. The normalized spacial score (nSPS) is 11.9. The first-order valence-electron chi connectivity index (χ1n) is 7.47. The molecule has 0 saturated carbocycles. The van der Waals surface area contributed by atoms with E-state index in [1.165, 1.54) is 0 Å². The van der Waals surface area contributed by atoms with E-state index in [-0.39, 0.29) is 11.9 Å². The van der Waals surface area contributed by atoms with Crippen LogP contribution in [0.1, 0.15) is 24.5 Å². The summed E-state index contributed by atoms with van der Waals surface area (Å²) < 4.78 is 5.74. The molecule has 0 saturated heterocycles. The van der Waals surface area contributed by atoms with Gasteiger partial charge in [0.2, 0.25) is 5.91 Å². The van der Waals surface area contributed by atoms with Crippen LogP contribution in [0.4, 0.5) is 0 Å². The van der Waals surface area contributed by atoms with Crippen molar-refractivity contribution >= 4 is 5.91 Å². The van der Waals surface area contributed by atoms with Gasteiger partial charge in [0.25, 0.3) is 0 Å². The lowest BCUT2D eigenvalue weighted by Crippen LogP contribution is -2.40. The Labute approximate surface area is 131 Å². The summed E-state index contributed by atoms with van der Waals surface area (Å²) >= 11 is 0. The minimum atomic E-state index is -0.315. The van der Waals surface area contributed by atoms with Gasteiger partial charge in [0.05, 0.1) is 6.04 Å². The van der Waals surface area contributed by atoms with Crippen molar-refractivity contribution in [1.29, 1.82) is 0 Å². The van der Waals surface area contributed by atoms with E-state index in [0.29, 0.717) is 19.6 Å². The Hall–Kier alpha value is -2.33. The zero-order valence-electron chi connectivity index (χ0n) is 12.8. The molecule has 2 aromatic rings. The third-order valence-electron chi connectivity index (χ3n) is 3.48. The van der Waals surface area contributed by atoms with Gasteiger partial charge in [-0.2, -0.15) is 0 Å². The number of primary amides is 1. The van der Waals surface area contributed by atoms with Crippen LogP contribution in [0.2, 0.25) is 0 Å². The van der Waals surface area contributed by atoms with Gasteiger partial charge in [-0.15, -0.1) is 0 Å². The molecular formula is C18H22N2O2. The second kappa shape index (κ2) is 8.20. The Bertz CT molecular complexity index is 582. The number of rotatable bonds is 8. The Morgan fingerprint density at radius 3 is 2.36 bits per heavy atom. The van der Waals surface area contributed by atoms with Crippen molar-refractivity contribution in [3.8, 4) is 5.75 Å². The highest BCUT2D eigenvalue weighted by Crippen LogP contribution is 2.14. The van der Waals surface area contributed by atoms with Gasteiger partial charge in [-0.1, -0.05) is 49.4 Å². The van der Waals surface area contributed by atoms with Crippen LogP contribution in [0.5, 0.6) is 5.75 Å². The van der Waals surface area contributed by atoms with Crippen LogP contribution in [-0.4, -0.2) is 11.9 Å². The average Bonchev–Trinajstić information content (AvgIpc) is 2.55. The summed E-state index contributed by atoms with van der Waals surface area (Å²) in [6.45, 7) is 3.10. The number of nitrogens with two attached hydrogens (primary N) is 1. The molecule has 1 atom stereocenters. The molecule has 0 aliphatic rings. The Morgan fingerprint density at radius 2 is 1.77 bits per heavy atom. The van der Waals surface area contributed by atoms with E-state index in [1.54, 1.807) is 0 Å². The van der Waals surface area contributed by atoms with Crippen LogP contribution in [0, 0.1) is 0 Å². The minimum absolute atomic E-state index is 0.283. The predicted octanol–water partition coefficient (Wildman–Crippen LogP) is 2.62. The van der Waals surface area contributed by atoms with Gasteiger partial charge in [-0.3, -0.25) is 4.79 Å². The fourth-order valence-corrected chi connectivity index (χ4v) is 2.13. The van der Waals surface area contributed by atoms with Gasteiger partial charge in [0.1, 0.15) is 12.4 Å². The lowest BCUT2D eigenvalue weighted by molar-refractivity contribution is -0.120. The first kappa shape index (κ1) is 16.0. The van der Waals surface area contributed by atoms with E-state index in [4.69, 9.17) is 10.5 Å². The van der Waals surface area contributed by atoms with Crippen LogP contribution in [0.3, 0.4) is 0 Å². The number of amides is 1. The molecule has 3 N–H and O–H groups in total. The summed E-state index contributed by atoms with van der Waals surface area (Å²) in [7, 11) is 0. The fraction of sp³-hybridized carbons (Fsp3) is 0.278. The number of benzene rings is 2. The van der Waals surface area contributed by atoms with Crippen LogP contribution in [0.25, 0.3) is 0 Å². The van der Waals surface area contributed by atoms with E-state index in [9.17, 15) is 4.79 Å². The third kappa shape index (κ3) is 4.90. The summed E-state index contributed by atoms with van der Waals surface area (Å²) in [6.07, 6.45) is 0.688. The average molecular weight is 298 g/mol. The summed E-state index contributed by atoms with van der Waals surface area (Å²) in [4.78, 5) is 11.2. The van der Waals surface area contributed by atoms with Crippen molar-refractivity contribution in [2.45, 2.75) is 32.5 Å². The lowest BCUT2D eigenvalue weighted by atomic mass is 10.1. The number of ether oxygens (including phenoxy) is 1. The Balaban J connectivity index is 1.83. The quantitative estimate of drug-likeness (QED) is 0.787. The van der Waals surface area contributed by atoms with E-state index >= 15 is 0 Å². The maximum Gasteiger partial charge on any atom is 0.234 e. The van der Waals surface area contributed by atoms with E-state index in [0.717, 1.165) is 16.9 Å². The van der Waals surface area contributed by atoms with Crippen LogP contribution < -0.4 is 15.8 Å². The highest BCUT2D eigenvalue weighted by molar-refractivity contribution is 5.79. The summed E-state index contributed by atoms with van der Waals surface area (Å²) in [5.41, 5.74) is 7.54. The van der Waals surface area contributed by atoms with Crippen molar-refractivity contribution in [2.24, 2.45) is 5.73 Å². The van der Waals surface area contributed by atoms with E-state index in [2.05, 4.69) is 5.32 Å². The van der Waals surface area contributed by atoms with Crippen LogP contribution >= 0.6 is 0 Å². The van der Waals surface area contributed by atoms with Gasteiger partial charge in [0.15, 0.2) is 0 Å². The molecule has 0 aliphatic carbocycles. The number of hydrogen-bond donors (Lipinski definition) is 2. The topological polar surface area (TPSA) is 64.3 Å². The molecule has 116 valence electrons. The summed E-state index contributed by atoms with van der Waals surface area (Å²) in [6, 6.07) is 17.6. The monoisotopic (exact) mass is 298 g/mol. The molecule has 0 unspecified atom stereocenters. The number of hydrogen-bond acceptors (Lipinski definition) is 3. The van der Waals surface area contributed by atoms with E-state index < -0.39 is 0 Å². The first-order chi connectivity index (χ1) is 10.7. The van der Waals surface area contributed by atoms with Crippen molar-refractivity contribution in [3.63, 3.8) is 0 Å². The molecule has 0 radical (unpaired) electrons. The third-order valence-corrected chi connectivity index (χ3v) is 3.48. The molecule has 22 heavy (non-hydrogen) atoms. The molecule has 0 bridgehead atoms. The largest absolute Gasteiger partial charge is 0.489 e. The van der Waals surface area contributed by atoms with Gasteiger partial charge in [0, 0.05) is 6.54 Å². The highest BCUT2D eigenvalue weighted by atomic mass is 16.5. The second-order valence-corrected chi connectivity index (χ2v) is 5.16. The number of carbonyl (C=O) groups excluding carboxylic acids is 1. The molecule has 0 aliphatic heterocycles. The number of nitrogens with one attached hydrogen (secondary N) is 1. The van der Waals surface area contributed by atoms with Crippen molar-refractivity contribution in [2.75, 3.05) is 0 Å². The highest BCUT2D eigenvalue weighted by Gasteiger charge is 2.11. The first-order valence-corrected chi connectivity index (χ1v) is 7.47. The molecular weight excluding hydrogens is 276 g/mol. The molecule has 0 heterocycles. The Kier molecular flexibility index (Phi) is 5.98. The maximum atomic E-state index is 11.2.